The van der Waals surface area contributed by atoms with E-state index in [4.69, 9.17) is 21.1 Å². The first-order chi connectivity index (χ1) is 9.17. The van der Waals surface area contributed by atoms with Gasteiger partial charge in [0.2, 0.25) is 0 Å². The summed E-state index contributed by atoms with van der Waals surface area (Å²) in [4.78, 5) is 1.16. The van der Waals surface area contributed by atoms with Gasteiger partial charge in [-0.25, -0.2) is 0 Å². The van der Waals surface area contributed by atoms with Gasteiger partial charge in [-0.1, -0.05) is 11.6 Å². The maximum Gasteiger partial charge on any atom is 0.122 e. The van der Waals surface area contributed by atoms with Gasteiger partial charge >= 0.3 is 0 Å². The molecule has 0 fully saturated rings. The highest BCUT2D eigenvalue weighted by Gasteiger charge is 2.16. The topological polar surface area (TPSA) is 30.5 Å². The highest BCUT2D eigenvalue weighted by atomic mass is 35.5. The van der Waals surface area contributed by atoms with Crippen molar-refractivity contribution >= 4 is 22.9 Å². The molecule has 0 saturated heterocycles. The monoisotopic (exact) mass is 297 g/mol. The van der Waals surface area contributed by atoms with Gasteiger partial charge in [0.1, 0.15) is 11.5 Å². The molecule has 1 heterocycles. The predicted octanol–water partition coefficient (Wildman–Crippen LogP) is 3.73. The highest BCUT2D eigenvalue weighted by Crippen LogP contribution is 2.34. The van der Waals surface area contributed by atoms with Crippen LogP contribution in [-0.4, -0.2) is 21.3 Å². The Balaban J connectivity index is 2.42. The minimum Gasteiger partial charge on any atom is -0.497 e. The molecule has 0 saturated carbocycles. The minimum absolute atomic E-state index is 0.0708. The second-order valence-corrected chi connectivity index (χ2v) is 5.76. The minimum atomic E-state index is 0.0708. The van der Waals surface area contributed by atoms with Crippen molar-refractivity contribution in [1.82, 2.24) is 5.32 Å². The van der Waals surface area contributed by atoms with Gasteiger partial charge < -0.3 is 14.8 Å². The fraction of sp³-hybridized carbons (Fsp3) is 0.286. The Morgan fingerprint density at radius 1 is 1.11 bits per heavy atom. The number of rotatable bonds is 5. The standard InChI is InChI=1S/C14H16ClNO2S/c1-16-14(12-4-5-13(15)19-12)9-6-10(17-2)8-11(7-9)18-3/h4-8,14,16H,1-3H3. The maximum absolute atomic E-state index is 6.01. The van der Waals surface area contributed by atoms with Crippen molar-refractivity contribution in [3.8, 4) is 11.5 Å². The lowest BCUT2D eigenvalue weighted by atomic mass is 10.0. The number of ether oxygens (including phenoxy) is 2. The lowest BCUT2D eigenvalue weighted by molar-refractivity contribution is 0.392. The van der Waals surface area contributed by atoms with E-state index in [9.17, 15) is 0 Å². The number of hydrogen-bond acceptors (Lipinski definition) is 4. The molecule has 3 nitrogen and oxygen atoms in total. The Morgan fingerprint density at radius 3 is 2.16 bits per heavy atom. The van der Waals surface area contributed by atoms with Crippen molar-refractivity contribution in [3.05, 3.63) is 45.1 Å². The number of halogens is 1. The van der Waals surface area contributed by atoms with E-state index in [2.05, 4.69) is 5.32 Å². The van der Waals surface area contributed by atoms with Crippen LogP contribution in [0, 0.1) is 0 Å². The summed E-state index contributed by atoms with van der Waals surface area (Å²) in [5.74, 6) is 1.55. The van der Waals surface area contributed by atoms with Crippen molar-refractivity contribution in [2.75, 3.05) is 21.3 Å². The zero-order valence-electron chi connectivity index (χ0n) is 11.1. The van der Waals surface area contributed by atoms with Crippen molar-refractivity contribution in [3.63, 3.8) is 0 Å². The summed E-state index contributed by atoms with van der Waals surface area (Å²) >= 11 is 7.57. The van der Waals surface area contributed by atoms with Crippen molar-refractivity contribution in [2.45, 2.75) is 6.04 Å². The SMILES string of the molecule is CNC(c1cc(OC)cc(OC)c1)c1ccc(Cl)s1. The van der Waals surface area contributed by atoms with Gasteiger partial charge in [-0.15, -0.1) is 11.3 Å². The molecule has 19 heavy (non-hydrogen) atoms. The Hall–Kier alpha value is -1.23. The Bertz CT molecular complexity index is 534. The van der Waals surface area contributed by atoms with Crippen LogP contribution in [0.2, 0.25) is 4.34 Å². The molecule has 0 aliphatic rings. The molecule has 0 bridgehead atoms. The predicted molar refractivity (Wildman–Crippen MR) is 79.8 cm³/mol. The van der Waals surface area contributed by atoms with Gasteiger partial charge in [-0.3, -0.25) is 0 Å². The zero-order chi connectivity index (χ0) is 13.8. The average Bonchev–Trinajstić information content (AvgIpc) is 2.85. The molecule has 1 aromatic heterocycles. The summed E-state index contributed by atoms with van der Waals surface area (Å²) in [6, 6.07) is 9.86. The summed E-state index contributed by atoms with van der Waals surface area (Å²) in [6.07, 6.45) is 0. The van der Waals surface area contributed by atoms with E-state index >= 15 is 0 Å². The molecule has 5 heteroatoms. The van der Waals surface area contributed by atoms with Gasteiger partial charge in [0.15, 0.2) is 0 Å². The number of thiophene rings is 1. The Kier molecular flexibility index (Phi) is 4.69. The molecular formula is C14H16ClNO2S. The van der Waals surface area contributed by atoms with Crippen LogP contribution >= 0.6 is 22.9 Å². The van der Waals surface area contributed by atoms with E-state index in [0.717, 1.165) is 26.3 Å². The molecular weight excluding hydrogens is 282 g/mol. The van der Waals surface area contributed by atoms with E-state index in [1.54, 1.807) is 25.6 Å². The third-order valence-electron chi connectivity index (χ3n) is 2.87. The van der Waals surface area contributed by atoms with Gasteiger partial charge in [-0.05, 0) is 36.9 Å². The lowest BCUT2D eigenvalue weighted by Crippen LogP contribution is -2.16. The fourth-order valence-corrected chi connectivity index (χ4v) is 3.15. The van der Waals surface area contributed by atoms with Crippen LogP contribution in [0.1, 0.15) is 16.5 Å². The second-order valence-electron chi connectivity index (χ2n) is 4.01. The molecule has 0 spiro atoms. The van der Waals surface area contributed by atoms with Crippen LogP contribution in [0.3, 0.4) is 0 Å². The Morgan fingerprint density at radius 2 is 1.74 bits per heavy atom. The van der Waals surface area contributed by atoms with E-state index in [1.165, 1.54) is 0 Å². The van der Waals surface area contributed by atoms with Crippen molar-refractivity contribution in [2.24, 2.45) is 0 Å². The van der Waals surface area contributed by atoms with Crippen molar-refractivity contribution < 1.29 is 9.47 Å². The van der Waals surface area contributed by atoms with E-state index < -0.39 is 0 Å². The molecule has 0 amide bonds. The number of hydrogen-bond donors (Lipinski definition) is 1. The maximum atomic E-state index is 6.01. The molecule has 102 valence electrons. The molecule has 0 radical (unpaired) electrons. The zero-order valence-corrected chi connectivity index (χ0v) is 12.6. The van der Waals surface area contributed by atoms with Crippen molar-refractivity contribution in [1.29, 1.82) is 0 Å². The first kappa shape index (κ1) is 14.2. The third kappa shape index (κ3) is 3.21. The molecule has 1 atom stereocenters. The van der Waals surface area contributed by atoms with Gasteiger partial charge in [0, 0.05) is 10.9 Å². The van der Waals surface area contributed by atoms with Gasteiger partial charge in [0.05, 0.1) is 24.6 Å². The molecule has 2 aromatic rings. The van der Waals surface area contributed by atoms with E-state index in [-0.39, 0.29) is 6.04 Å². The summed E-state index contributed by atoms with van der Waals surface area (Å²) in [7, 11) is 5.22. The Labute approximate surface area is 122 Å². The van der Waals surface area contributed by atoms with Crippen LogP contribution < -0.4 is 14.8 Å². The molecule has 1 N–H and O–H groups in total. The summed E-state index contributed by atoms with van der Waals surface area (Å²) in [6.45, 7) is 0. The number of nitrogens with one attached hydrogen (secondary N) is 1. The smallest absolute Gasteiger partial charge is 0.122 e. The average molecular weight is 298 g/mol. The van der Waals surface area contributed by atoms with Gasteiger partial charge in [-0.2, -0.15) is 0 Å². The van der Waals surface area contributed by atoms with Gasteiger partial charge in [0.25, 0.3) is 0 Å². The summed E-state index contributed by atoms with van der Waals surface area (Å²) in [5, 5.41) is 3.29. The first-order valence-corrected chi connectivity index (χ1v) is 7.03. The molecule has 2 rings (SSSR count). The normalized spacial score (nSPS) is 12.2. The molecule has 0 aliphatic carbocycles. The second kappa shape index (κ2) is 6.28. The summed E-state index contributed by atoms with van der Waals surface area (Å²) in [5.41, 5.74) is 1.08. The number of benzene rings is 1. The first-order valence-electron chi connectivity index (χ1n) is 5.83. The van der Waals surface area contributed by atoms with Crippen LogP contribution in [0.15, 0.2) is 30.3 Å². The molecule has 1 unspecified atom stereocenters. The molecule has 0 aliphatic heterocycles. The van der Waals surface area contributed by atoms with Crippen LogP contribution in [0.5, 0.6) is 11.5 Å². The largest absolute Gasteiger partial charge is 0.497 e. The highest BCUT2D eigenvalue weighted by molar-refractivity contribution is 7.16. The van der Waals surface area contributed by atoms with Crippen LogP contribution in [0.4, 0.5) is 0 Å². The quantitative estimate of drug-likeness (QED) is 0.912. The summed E-state index contributed by atoms with van der Waals surface area (Å²) < 4.78 is 11.4. The number of methoxy groups -OCH3 is 2. The fourth-order valence-electron chi connectivity index (χ4n) is 1.95. The van der Waals surface area contributed by atoms with E-state index in [0.29, 0.717) is 0 Å². The third-order valence-corrected chi connectivity index (χ3v) is 4.17. The molecule has 1 aromatic carbocycles. The van der Waals surface area contributed by atoms with Crippen LogP contribution in [0.25, 0.3) is 0 Å². The van der Waals surface area contributed by atoms with E-state index in [1.807, 2.05) is 37.4 Å². The van der Waals surface area contributed by atoms with Crippen LogP contribution in [-0.2, 0) is 0 Å². The lowest BCUT2D eigenvalue weighted by Gasteiger charge is -2.17.